The molecular formula is C33H48N4O6. The highest BCUT2D eigenvalue weighted by molar-refractivity contribution is 5.94. The van der Waals surface area contributed by atoms with Gasteiger partial charge in [0.25, 0.3) is 0 Å². The van der Waals surface area contributed by atoms with Gasteiger partial charge in [0.15, 0.2) is 0 Å². The minimum atomic E-state index is -1.46. The molecule has 1 unspecified atom stereocenters. The number of rotatable bonds is 20. The van der Waals surface area contributed by atoms with Gasteiger partial charge in [-0.3, -0.25) is 15.4 Å². The molecule has 10 heteroatoms. The van der Waals surface area contributed by atoms with E-state index in [4.69, 9.17) is 0 Å². The molecule has 0 spiro atoms. The molecular weight excluding hydrogens is 548 g/mol. The van der Waals surface area contributed by atoms with Gasteiger partial charge in [0, 0.05) is 12.1 Å². The maximum atomic E-state index is 13.2. The second-order valence-electron chi connectivity index (χ2n) is 11.7. The Hall–Kier alpha value is -3.76. The molecule has 3 atom stereocenters. The number of aldehydes is 1. The van der Waals surface area contributed by atoms with Crippen LogP contribution in [0.25, 0.3) is 0 Å². The molecule has 0 saturated heterocycles. The first kappa shape index (κ1) is 35.4. The Labute approximate surface area is 255 Å². The van der Waals surface area contributed by atoms with E-state index in [-0.39, 0.29) is 18.5 Å². The zero-order valence-corrected chi connectivity index (χ0v) is 25.6. The standard InChI is InChI=1S/C33H48N4O6/c1-24(2)28(23-38)34-19-13-5-4-12-18-33(20-26-14-8-6-9-15-26,21-27-16-10-7-11-17-27)37-29(30(39)36-32(42)43)25(3)22-35-31(40)41/h6-11,14-17,23-25,28-29,34-35,37H,4-5,12-13,18-22H2,1-3H3,(H,36,39)(H,40,41)(H,42,43)/t25?,28-,29+/m1/s1. The SMILES string of the molecule is CC(CNC(=O)O)[C@H](NC(CCCCCCN[C@H](C=O)C(C)C)(Cc1ccccc1)Cc1ccccc1)C(=O)NC(=O)O. The summed E-state index contributed by atoms with van der Waals surface area (Å²) in [5.74, 6) is -1.03. The van der Waals surface area contributed by atoms with E-state index in [0.717, 1.165) is 49.6 Å². The van der Waals surface area contributed by atoms with Crippen LogP contribution in [-0.4, -0.2) is 65.3 Å². The van der Waals surface area contributed by atoms with Crippen LogP contribution in [0.1, 0.15) is 64.0 Å². The number of nitrogens with one attached hydrogen (secondary N) is 4. The van der Waals surface area contributed by atoms with Gasteiger partial charge in [0.1, 0.15) is 6.29 Å². The van der Waals surface area contributed by atoms with Crippen LogP contribution in [-0.2, 0) is 22.4 Å². The van der Waals surface area contributed by atoms with Crippen LogP contribution < -0.4 is 21.3 Å². The van der Waals surface area contributed by atoms with Gasteiger partial charge in [-0.15, -0.1) is 0 Å². The predicted molar refractivity (Wildman–Crippen MR) is 167 cm³/mol. The number of amides is 3. The number of hydrogen-bond acceptors (Lipinski definition) is 6. The highest BCUT2D eigenvalue weighted by Gasteiger charge is 2.37. The third-order valence-corrected chi connectivity index (χ3v) is 7.72. The number of unbranched alkanes of at least 4 members (excludes halogenated alkanes) is 3. The predicted octanol–water partition coefficient (Wildman–Crippen LogP) is 4.63. The number of imide groups is 1. The van der Waals surface area contributed by atoms with Crippen molar-refractivity contribution in [3.63, 3.8) is 0 Å². The Bertz CT molecular complexity index is 1090. The molecule has 0 aromatic heterocycles. The second-order valence-corrected chi connectivity index (χ2v) is 11.7. The lowest BCUT2D eigenvalue weighted by atomic mass is 9.79. The monoisotopic (exact) mass is 596 g/mol. The average Bonchev–Trinajstić information content (AvgIpc) is 2.96. The summed E-state index contributed by atoms with van der Waals surface area (Å²) in [6.07, 6.45) is 3.81. The van der Waals surface area contributed by atoms with E-state index in [0.29, 0.717) is 19.3 Å². The Morgan fingerprint density at radius 2 is 1.37 bits per heavy atom. The second kappa shape index (κ2) is 18.7. The zero-order chi connectivity index (χ0) is 31.7. The normalized spacial score (nSPS) is 13.6. The molecule has 0 heterocycles. The third-order valence-electron chi connectivity index (χ3n) is 7.72. The van der Waals surface area contributed by atoms with Crippen molar-refractivity contribution < 1.29 is 29.4 Å². The summed E-state index contributed by atoms with van der Waals surface area (Å²) in [6.45, 7) is 6.48. The highest BCUT2D eigenvalue weighted by Crippen LogP contribution is 2.28. The first-order valence-electron chi connectivity index (χ1n) is 15.1. The molecule has 2 rings (SSSR count). The number of carbonyl (C=O) groups excluding carboxylic acids is 2. The van der Waals surface area contributed by atoms with Crippen LogP contribution in [0.2, 0.25) is 0 Å². The van der Waals surface area contributed by atoms with E-state index < -0.39 is 35.6 Å². The van der Waals surface area contributed by atoms with Crippen LogP contribution in [0.5, 0.6) is 0 Å². The first-order valence-corrected chi connectivity index (χ1v) is 15.1. The van der Waals surface area contributed by atoms with E-state index in [9.17, 15) is 29.4 Å². The molecule has 0 radical (unpaired) electrons. The molecule has 10 nitrogen and oxygen atoms in total. The summed E-state index contributed by atoms with van der Waals surface area (Å²) in [6, 6.07) is 18.8. The molecule has 236 valence electrons. The van der Waals surface area contributed by atoms with Gasteiger partial charge in [0.2, 0.25) is 5.91 Å². The molecule has 6 N–H and O–H groups in total. The van der Waals surface area contributed by atoms with Crippen molar-refractivity contribution in [2.75, 3.05) is 13.1 Å². The average molecular weight is 597 g/mol. The lowest BCUT2D eigenvalue weighted by Crippen LogP contribution is -2.61. The third kappa shape index (κ3) is 13.4. The summed E-state index contributed by atoms with van der Waals surface area (Å²) in [5.41, 5.74) is 1.49. The quantitative estimate of drug-likeness (QED) is 0.0954. The number of carboxylic acid groups (broad SMARTS) is 2. The van der Waals surface area contributed by atoms with Crippen LogP contribution in [0.3, 0.4) is 0 Å². The van der Waals surface area contributed by atoms with Crippen LogP contribution in [0, 0.1) is 11.8 Å². The van der Waals surface area contributed by atoms with Crippen molar-refractivity contribution in [1.82, 2.24) is 21.3 Å². The molecule has 43 heavy (non-hydrogen) atoms. The fraction of sp³-hybridized carbons (Fsp3) is 0.515. The summed E-state index contributed by atoms with van der Waals surface area (Å²) in [5, 5.41) is 29.7. The van der Waals surface area contributed by atoms with E-state index >= 15 is 0 Å². The van der Waals surface area contributed by atoms with E-state index in [1.807, 2.05) is 79.8 Å². The van der Waals surface area contributed by atoms with Crippen LogP contribution in [0.15, 0.2) is 60.7 Å². The molecule has 2 aromatic rings. The minimum Gasteiger partial charge on any atom is -0.465 e. The lowest BCUT2D eigenvalue weighted by Gasteiger charge is -2.40. The van der Waals surface area contributed by atoms with Crippen molar-refractivity contribution >= 4 is 24.4 Å². The van der Waals surface area contributed by atoms with Gasteiger partial charge in [-0.25, -0.2) is 9.59 Å². The lowest BCUT2D eigenvalue weighted by molar-refractivity contribution is -0.124. The molecule has 0 fully saturated rings. The summed E-state index contributed by atoms with van der Waals surface area (Å²) in [7, 11) is 0. The topological polar surface area (TPSA) is 157 Å². The Kier molecular flexibility index (Phi) is 15.4. The van der Waals surface area contributed by atoms with Crippen molar-refractivity contribution in [3.8, 4) is 0 Å². The number of hydrogen-bond donors (Lipinski definition) is 6. The smallest absolute Gasteiger partial charge is 0.411 e. The van der Waals surface area contributed by atoms with Gasteiger partial charge in [-0.05, 0) is 55.2 Å². The molecule has 2 aromatic carbocycles. The molecule has 0 saturated carbocycles. The zero-order valence-electron chi connectivity index (χ0n) is 25.6. The first-order chi connectivity index (χ1) is 20.5. The fourth-order valence-electron chi connectivity index (χ4n) is 5.38. The van der Waals surface area contributed by atoms with Crippen molar-refractivity contribution in [1.29, 1.82) is 0 Å². The maximum absolute atomic E-state index is 13.2. The largest absolute Gasteiger partial charge is 0.465 e. The van der Waals surface area contributed by atoms with Crippen molar-refractivity contribution in [2.24, 2.45) is 11.8 Å². The van der Waals surface area contributed by atoms with Gasteiger partial charge < -0.3 is 25.6 Å². The van der Waals surface area contributed by atoms with Gasteiger partial charge in [-0.1, -0.05) is 101 Å². The molecule has 0 aliphatic carbocycles. The van der Waals surface area contributed by atoms with Crippen LogP contribution >= 0.6 is 0 Å². The van der Waals surface area contributed by atoms with E-state index in [1.54, 1.807) is 6.92 Å². The van der Waals surface area contributed by atoms with Crippen molar-refractivity contribution in [2.45, 2.75) is 83.3 Å². The summed E-state index contributed by atoms with van der Waals surface area (Å²) >= 11 is 0. The number of benzene rings is 2. The Morgan fingerprint density at radius 1 is 0.814 bits per heavy atom. The molecule has 3 amide bonds. The fourth-order valence-corrected chi connectivity index (χ4v) is 5.38. The number of carbonyl (C=O) groups is 4. The van der Waals surface area contributed by atoms with Gasteiger partial charge in [0.05, 0.1) is 12.1 Å². The molecule has 0 aliphatic heterocycles. The minimum absolute atomic E-state index is 0.0298. The van der Waals surface area contributed by atoms with Gasteiger partial charge >= 0.3 is 12.2 Å². The van der Waals surface area contributed by atoms with E-state index in [1.165, 1.54) is 0 Å². The van der Waals surface area contributed by atoms with Crippen LogP contribution in [0.4, 0.5) is 9.59 Å². The molecule has 0 bridgehead atoms. The molecule has 0 aliphatic rings. The summed E-state index contributed by atoms with van der Waals surface area (Å²) < 4.78 is 0. The Balaban J connectivity index is 2.33. The summed E-state index contributed by atoms with van der Waals surface area (Å²) in [4.78, 5) is 47.2. The maximum Gasteiger partial charge on any atom is 0.411 e. The van der Waals surface area contributed by atoms with Crippen molar-refractivity contribution in [3.05, 3.63) is 71.8 Å². The Morgan fingerprint density at radius 3 is 1.86 bits per heavy atom. The van der Waals surface area contributed by atoms with E-state index in [2.05, 4.69) is 16.0 Å². The van der Waals surface area contributed by atoms with Gasteiger partial charge in [-0.2, -0.15) is 0 Å². The highest BCUT2D eigenvalue weighted by atomic mass is 16.4.